The van der Waals surface area contributed by atoms with Crippen molar-refractivity contribution in [2.24, 2.45) is 0 Å². The van der Waals surface area contributed by atoms with Gasteiger partial charge >= 0.3 is 155 Å². The zero-order valence-corrected chi connectivity index (χ0v) is 19.4. The second-order valence-electron chi connectivity index (χ2n) is 7.64. The number of rotatable bonds is 15. The van der Waals surface area contributed by atoms with Gasteiger partial charge in [0.15, 0.2) is 0 Å². The molecule has 0 aromatic carbocycles. The molecule has 0 aliphatic carbocycles. The first-order chi connectivity index (χ1) is 11.7. The van der Waals surface area contributed by atoms with Crippen LogP contribution in [-0.4, -0.2) is 47.1 Å². The first kappa shape index (κ1) is 22.7. The Morgan fingerprint density at radius 2 is 1.33 bits per heavy atom. The number of hydrogen-bond acceptors (Lipinski definition) is 3. The van der Waals surface area contributed by atoms with Crippen molar-refractivity contribution in [3.05, 3.63) is 0 Å². The van der Waals surface area contributed by atoms with E-state index in [4.69, 9.17) is 9.47 Å². The van der Waals surface area contributed by atoms with Crippen LogP contribution in [0, 0.1) is 0 Å². The van der Waals surface area contributed by atoms with Gasteiger partial charge in [-0.15, -0.1) is 0 Å². The van der Waals surface area contributed by atoms with Crippen LogP contribution in [-0.2, 0) is 9.47 Å². The molecular formula is C20H42O3Sn. The third kappa shape index (κ3) is 8.37. The van der Waals surface area contributed by atoms with Crippen LogP contribution >= 0.6 is 0 Å². The molecule has 0 aromatic heterocycles. The summed E-state index contributed by atoms with van der Waals surface area (Å²) in [7, 11) is 0. The van der Waals surface area contributed by atoms with E-state index >= 15 is 0 Å². The maximum absolute atomic E-state index is 11.2. The Hall–Kier alpha value is 0.679. The van der Waals surface area contributed by atoms with Gasteiger partial charge in [-0.25, -0.2) is 0 Å². The fourth-order valence-corrected chi connectivity index (χ4v) is 20.4. The summed E-state index contributed by atoms with van der Waals surface area (Å²) in [6.45, 7) is 8.38. The molecule has 0 bridgehead atoms. The van der Waals surface area contributed by atoms with Crippen LogP contribution < -0.4 is 0 Å². The predicted molar refractivity (Wildman–Crippen MR) is 105 cm³/mol. The van der Waals surface area contributed by atoms with Gasteiger partial charge in [0.05, 0.1) is 0 Å². The van der Waals surface area contributed by atoms with Crippen molar-refractivity contribution in [2.75, 3.05) is 13.2 Å². The summed E-state index contributed by atoms with van der Waals surface area (Å²) in [6.07, 6.45) is 12.1. The molecule has 1 saturated heterocycles. The summed E-state index contributed by atoms with van der Waals surface area (Å²) in [5.74, 6) is 0. The minimum atomic E-state index is -2.42. The molecule has 1 atom stereocenters. The molecule has 4 heteroatoms. The second-order valence-corrected chi connectivity index (χ2v) is 21.6. The van der Waals surface area contributed by atoms with E-state index in [2.05, 4.69) is 20.8 Å². The molecule has 1 rings (SSSR count). The van der Waals surface area contributed by atoms with E-state index in [1.165, 1.54) is 51.8 Å². The predicted octanol–water partition coefficient (Wildman–Crippen LogP) is 5.67. The number of ether oxygens (including phenoxy) is 2. The zero-order chi connectivity index (χ0) is 17.7. The molecule has 1 aliphatic heterocycles. The van der Waals surface area contributed by atoms with E-state index in [1.54, 1.807) is 0 Å². The topological polar surface area (TPSA) is 38.7 Å². The molecule has 1 N–H and O–H groups in total. The molecule has 0 amide bonds. The molecule has 0 spiro atoms. The van der Waals surface area contributed by atoms with Crippen LogP contribution in [0.4, 0.5) is 0 Å². The summed E-state index contributed by atoms with van der Waals surface area (Å²) < 4.78 is 15.3. The first-order valence-corrected chi connectivity index (χ1v) is 18.3. The molecule has 1 aliphatic rings. The van der Waals surface area contributed by atoms with Crippen molar-refractivity contribution in [1.29, 1.82) is 0 Å². The van der Waals surface area contributed by atoms with Crippen LogP contribution in [0.3, 0.4) is 0 Å². The van der Waals surface area contributed by atoms with E-state index in [0.717, 1.165) is 38.9 Å². The van der Waals surface area contributed by atoms with Crippen LogP contribution in [0.5, 0.6) is 0 Å². The van der Waals surface area contributed by atoms with E-state index in [-0.39, 0.29) is 10.4 Å². The van der Waals surface area contributed by atoms with Gasteiger partial charge in [-0.2, -0.15) is 0 Å². The summed E-state index contributed by atoms with van der Waals surface area (Å²) in [5.41, 5.74) is 0. The monoisotopic (exact) mass is 450 g/mol. The quantitative estimate of drug-likeness (QED) is 0.259. The van der Waals surface area contributed by atoms with Gasteiger partial charge in [-0.05, 0) is 0 Å². The molecule has 24 heavy (non-hydrogen) atoms. The van der Waals surface area contributed by atoms with Crippen molar-refractivity contribution in [1.82, 2.24) is 0 Å². The van der Waals surface area contributed by atoms with Gasteiger partial charge in [0, 0.05) is 0 Å². The molecule has 1 unspecified atom stereocenters. The second kappa shape index (κ2) is 13.8. The third-order valence-corrected chi connectivity index (χ3v) is 22.1. The van der Waals surface area contributed by atoms with Crippen molar-refractivity contribution in [3.63, 3.8) is 0 Å². The van der Waals surface area contributed by atoms with Gasteiger partial charge in [0.1, 0.15) is 0 Å². The van der Waals surface area contributed by atoms with Gasteiger partial charge < -0.3 is 0 Å². The Bertz CT molecular complexity index is 271. The van der Waals surface area contributed by atoms with Crippen LogP contribution in [0.1, 0.15) is 85.0 Å². The fraction of sp³-hybridized carbons (Fsp3) is 1.00. The fourth-order valence-electron chi connectivity index (χ4n) is 3.99. The van der Waals surface area contributed by atoms with E-state index in [1.807, 2.05) is 0 Å². The number of hydrogen-bond donors (Lipinski definition) is 1. The summed E-state index contributed by atoms with van der Waals surface area (Å²) in [5, 5.41) is 11.2. The Morgan fingerprint density at radius 3 is 1.79 bits per heavy atom. The summed E-state index contributed by atoms with van der Waals surface area (Å²) >= 11 is -2.42. The molecule has 1 heterocycles. The average Bonchev–Trinajstić information content (AvgIpc) is 3.11. The van der Waals surface area contributed by atoms with E-state index in [0.29, 0.717) is 0 Å². The summed E-state index contributed by atoms with van der Waals surface area (Å²) in [6, 6.07) is 0. The number of aliphatic hydroxyl groups excluding tert-OH is 1. The van der Waals surface area contributed by atoms with Crippen LogP contribution in [0.15, 0.2) is 0 Å². The molecule has 0 radical (unpaired) electrons. The molecule has 3 nitrogen and oxygen atoms in total. The standard InChI is InChI=1S/C8H15O3.3C4H9.Sn/c9-5-3-1-2-4-8-10-6-7-11-8;3*1-3-4-2;/h5,8-9H,1-4,6-7H2;3*1,3-4H2,2H3;. The first-order valence-electron chi connectivity index (χ1n) is 10.6. The molecular weight excluding hydrogens is 407 g/mol. The van der Waals surface area contributed by atoms with Crippen molar-refractivity contribution >= 4 is 18.4 Å². The van der Waals surface area contributed by atoms with Gasteiger partial charge in [0.25, 0.3) is 0 Å². The third-order valence-electron chi connectivity index (χ3n) is 5.65. The summed E-state index contributed by atoms with van der Waals surface area (Å²) in [4.78, 5) is 0. The normalized spacial score (nSPS) is 17.5. The SMILES string of the molecule is CCC[CH2][Sn]([CH2]CCC)([CH2]CCC)[CH](O)CCCCC1OCCO1. The number of unbranched alkanes of at least 4 members (excludes halogenated alkanes) is 4. The molecule has 0 aromatic rings. The van der Waals surface area contributed by atoms with Crippen LogP contribution in [0.25, 0.3) is 0 Å². The number of aliphatic hydroxyl groups is 1. The Morgan fingerprint density at radius 1 is 0.833 bits per heavy atom. The Kier molecular flexibility index (Phi) is 13.1. The van der Waals surface area contributed by atoms with Crippen LogP contribution in [0.2, 0.25) is 13.3 Å². The minimum absolute atomic E-state index is 0.0238. The zero-order valence-electron chi connectivity index (χ0n) is 16.5. The van der Waals surface area contributed by atoms with Crippen molar-refractivity contribution in [3.8, 4) is 0 Å². The Labute approximate surface area is 154 Å². The van der Waals surface area contributed by atoms with E-state index < -0.39 is 18.4 Å². The Balaban J connectivity index is 2.49. The van der Waals surface area contributed by atoms with Gasteiger partial charge in [0.2, 0.25) is 0 Å². The maximum atomic E-state index is 11.2. The van der Waals surface area contributed by atoms with Crippen molar-refractivity contribution in [2.45, 2.75) is 109 Å². The molecule has 144 valence electrons. The van der Waals surface area contributed by atoms with Gasteiger partial charge in [-0.3, -0.25) is 0 Å². The average molecular weight is 449 g/mol. The van der Waals surface area contributed by atoms with Gasteiger partial charge in [-0.1, -0.05) is 0 Å². The molecule has 0 saturated carbocycles. The van der Waals surface area contributed by atoms with E-state index in [9.17, 15) is 5.11 Å². The van der Waals surface area contributed by atoms with Crippen molar-refractivity contribution < 1.29 is 14.6 Å². The molecule has 1 fully saturated rings.